The Labute approximate surface area is 178 Å². The predicted octanol–water partition coefficient (Wildman–Crippen LogP) is 3.53. The number of hydrogen-bond acceptors (Lipinski definition) is 7. The fourth-order valence-electron chi connectivity index (χ4n) is 2.67. The van der Waals surface area contributed by atoms with E-state index in [0.29, 0.717) is 23.3 Å². The Bertz CT molecular complexity index is 947. The smallest absolute Gasteiger partial charge is 0.224 e. The summed E-state index contributed by atoms with van der Waals surface area (Å²) in [5.74, 6) is 0.515. The fraction of sp³-hybridized carbons (Fsp3) is 0.500. The number of hydrogen-bond donors (Lipinski definition) is 2. The van der Waals surface area contributed by atoms with Crippen molar-refractivity contribution in [2.45, 2.75) is 57.1 Å². The topological polar surface area (TPSA) is 106 Å². The zero-order chi connectivity index (χ0) is 22.5. The molecule has 0 amide bonds. The number of ether oxygens (including phenoxy) is 2. The summed E-state index contributed by atoms with van der Waals surface area (Å²) in [5.41, 5.74) is 0.662. The van der Waals surface area contributed by atoms with Crippen LogP contribution >= 0.6 is 0 Å². The maximum absolute atomic E-state index is 11.8. The lowest BCUT2D eigenvalue weighted by atomic mass is 10.0. The van der Waals surface area contributed by atoms with Crippen molar-refractivity contribution in [1.29, 1.82) is 0 Å². The van der Waals surface area contributed by atoms with Crippen LogP contribution in [-0.2, 0) is 9.84 Å². The van der Waals surface area contributed by atoms with Gasteiger partial charge in [0.2, 0.25) is 11.8 Å². The number of aliphatic hydroxyl groups excluding tert-OH is 1. The minimum absolute atomic E-state index is 0.00313. The summed E-state index contributed by atoms with van der Waals surface area (Å²) in [6.07, 6.45) is 2.12. The molecule has 0 aliphatic heterocycles. The van der Waals surface area contributed by atoms with Crippen molar-refractivity contribution in [2.75, 3.05) is 19.5 Å². The van der Waals surface area contributed by atoms with Gasteiger partial charge in [-0.25, -0.2) is 8.42 Å². The Morgan fingerprint density at radius 2 is 1.77 bits per heavy atom. The van der Waals surface area contributed by atoms with Gasteiger partial charge in [-0.2, -0.15) is 4.98 Å². The van der Waals surface area contributed by atoms with Gasteiger partial charge in [0.05, 0.1) is 23.2 Å². The summed E-state index contributed by atoms with van der Waals surface area (Å²) in [6, 6.07) is 8.08. The zero-order valence-corrected chi connectivity index (χ0v) is 19.0. The third-order valence-electron chi connectivity index (χ3n) is 4.32. The molecule has 8 heteroatoms. The first-order valence-corrected chi connectivity index (χ1v) is 11.8. The monoisotopic (exact) mass is 437 g/mol. The van der Waals surface area contributed by atoms with Crippen molar-refractivity contribution >= 4 is 9.84 Å². The molecule has 0 saturated heterocycles. The van der Waals surface area contributed by atoms with Crippen molar-refractivity contribution in [1.82, 2.24) is 4.98 Å². The standard InChI is InChI=1S/C22H31NO6S/c1-6-7-12-28-20-18(15(2)24)13-19(21(23-20)29-14-22(3,4)25)16-8-10-17(11-9-16)30(5,26)27/h8-11,13,15,24-25H,6-7,12,14H2,1-5H3. The maximum Gasteiger partial charge on any atom is 0.224 e. The van der Waals surface area contributed by atoms with E-state index in [0.717, 1.165) is 19.1 Å². The van der Waals surface area contributed by atoms with Crippen molar-refractivity contribution in [3.05, 3.63) is 35.9 Å². The highest BCUT2D eigenvalue weighted by Gasteiger charge is 2.21. The van der Waals surface area contributed by atoms with E-state index in [2.05, 4.69) is 4.98 Å². The van der Waals surface area contributed by atoms with Crippen LogP contribution in [0.4, 0.5) is 0 Å². The second-order valence-corrected chi connectivity index (χ2v) is 10.0. The van der Waals surface area contributed by atoms with Gasteiger partial charge in [0.1, 0.15) is 6.61 Å². The van der Waals surface area contributed by atoms with Gasteiger partial charge < -0.3 is 19.7 Å². The molecule has 30 heavy (non-hydrogen) atoms. The molecule has 0 aliphatic carbocycles. The van der Waals surface area contributed by atoms with Gasteiger partial charge in [-0.1, -0.05) is 25.5 Å². The van der Waals surface area contributed by atoms with Gasteiger partial charge in [0.15, 0.2) is 9.84 Å². The number of benzene rings is 1. The second-order valence-electron chi connectivity index (χ2n) is 8.01. The van der Waals surface area contributed by atoms with E-state index in [9.17, 15) is 18.6 Å². The molecule has 1 aromatic carbocycles. The van der Waals surface area contributed by atoms with Crippen LogP contribution < -0.4 is 9.47 Å². The van der Waals surface area contributed by atoms with Gasteiger partial charge in [-0.05, 0) is 51.0 Å². The van der Waals surface area contributed by atoms with E-state index in [1.54, 1.807) is 39.0 Å². The third-order valence-corrected chi connectivity index (χ3v) is 5.45. The Hall–Kier alpha value is -2.16. The molecule has 1 unspecified atom stereocenters. The largest absolute Gasteiger partial charge is 0.477 e. The first kappa shape index (κ1) is 24.1. The van der Waals surface area contributed by atoms with Crippen molar-refractivity contribution in [3.8, 4) is 22.9 Å². The molecule has 0 bridgehead atoms. The average molecular weight is 438 g/mol. The van der Waals surface area contributed by atoms with Gasteiger partial charge in [-0.15, -0.1) is 0 Å². The highest BCUT2D eigenvalue weighted by Crippen LogP contribution is 2.36. The van der Waals surface area contributed by atoms with Gasteiger partial charge in [0.25, 0.3) is 0 Å². The second kappa shape index (κ2) is 9.76. The number of aromatic nitrogens is 1. The molecule has 1 heterocycles. The molecule has 0 radical (unpaired) electrons. The van der Waals surface area contributed by atoms with Crippen LogP contribution in [0.15, 0.2) is 35.2 Å². The third kappa shape index (κ3) is 6.68. The first-order chi connectivity index (χ1) is 13.9. The number of pyridine rings is 1. The molecular formula is C22H31NO6S. The molecule has 7 nitrogen and oxygen atoms in total. The lowest BCUT2D eigenvalue weighted by Gasteiger charge is -2.21. The molecule has 1 atom stereocenters. The number of nitrogens with zero attached hydrogens (tertiary/aromatic N) is 1. The minimum Gasteiger partial charge on any atom is -0.477 e. The van der Waals surface area contributed by atoms with Gasteiger partial charge >= 0.3 is 0 Å². The Morgan fingerprint density at radius 1 is 1.13 bits per heavy atom. The van der Waals surface area contributed by atoms with E-state index in [-0.39, 0.29) is 23.3 Å². The van der Waals surface area contributed by atoms with Crippen molar-refractivity contribution < 1.29 is 28.1 Å². The van der Waals surface area contributed by atoms with Gasteiger partial charge in [0, 0.05) is 17.4 Å². The number of aliphatic hydroxyl groups is 2. The maximum atomic E-state index is 11.8. The summed E-state index contributed by atoms with van der Waals surface area (Å²) < 4.78 is 35.1. The molecule has 2 N–H and O–H groups in total. The van der Waals surface area contributed by atoms with Crippen LogP contribution in [0.2, 0.25) is 0 Å². The van der Waals surface area contributed by atoms with E-state index in [1.165, 1.54) is 12.1 Å². The minimum atomic E-state index is -3.32. The van der Waals surface area contributed by atoms with E-state index < -0.39 is 21.5 Å². The lowest BCUT2D eigenvalue weighted by molar-refractivity contribution is 0.0267. The van der Waals surface area contributed by atoms with Crippen LogP contribution in [0.25, 0.3) is 11.1 Å². The molecule has 166 valence electrons. The summed E-state index contributed by atoms with van der Waals surface area (Å²) in [7, 11) is -3.32. The van der Waals surface area contributed by atoms with E-state index >= 15 is 0 Å². The summed E-state index contributed by atoms with van der Waals surface area (Å²) in [4.78, 5) is 4.68. The molecule has 2 rings (SSSR count). The van der Waals surface area contributed by atoms with Crippen LogP contribution in [0.5, 0.6) is 11.8 Å². The van der Waals surface area contributed by atoms with Crippen LogP contribution in [0, 0.1) is 0 Å². The summed E-state index contributed by atoms with van der Waals surface area (Å²) in [5, 5.41) is 20.3. The van der Waals surface area contributed by atoms with Gasteiger partial charge in [-0.3, -0.25) is 0 Å². The highest BCUT2D eigenvalue weighted by atomic mass is 32.2. The Morgan fingerprint density at radius 3 is 2.27 bits per heavy atom. The molecular weight excluding hydrogens is 406 g/mol. The summed E-state index contributed by atoms with van der Waals surface area (Å²) >= 11 is 0. The average Bonchev–Trinajstić information content (AvgIpc) is 2.65. The predicted molar refractivity (Wildman–Crippen MR) is 116 cm³/mol. The molecule has 0 saturated carbocycles. The Balaban J connectivity index is 2.55. The van der Waals surface area contributed by atoms with Crippen LogP contribution in [0.1, 0.15) is 52.2 Å². The fourth-order valence-corrected chi connectivity index (χ4v) is 3.30. The van der Waals surface area contributed by atoms with E-state index in [4.69, 9.17) is 9.47 Å². The molecule has 0 spiro atoms. The first-order valence-electron chi connectivity index (χ1n) is 9.94. The molecule has 0 aliphatic rings. The SMILES string of the molecule is CCCCOc1nc(OCC(C)(C)O)c(-c2ccc(S(C)(=O)=O)cc2)cc1C(C)O. The quantitative estimate of drug-likeness (QED) is 0.548. The lowest BCUT2D eigenvalue weighted by Crippen LogP contribution is -2.28. The number of unbranched alkanes of at least 4 members (excludes halogenated alkanes) is 1. The normalized spacial score (nSPS) is 13.2. The molecule has 0 fully saturated rings. The highest BCUT2D eigenvalue weighted by molar-refractivity contribution is 7.90. The van der Waals surface area contributed by atoms with Crippen LogP contribution in [-0.4, -0.2) is 48.7 Å². The number of sulfone groups is 1. The molecule has 1 aromatic heterocycles. The summed E-state index contributed by atoms with van der Waals surface area (Å²) in [6.45, 7) is 7.37. The Kier molecular flexibility index (Phi) is 7.85. The van der Waals surface area contributed by atoms with Crippen molar-refractivity contribution in [3.63, 3.8) is 0 Å². The number of rotatable bonds is 10. The van der Waals surface area contributed by atoms with Crippen molar-refractivity contribution in [2.24, 2.45) is 0 Å². The molecule has 2 aromatic rings. The van der Waals surface area contributed by atoms with Crippen LogP contribution in [0.3, 0.4) is 0 Å². The van der Waals surface area contributed by atoms with E-state index in [1.807, 2.05) is 6.92 Å². The zero-order valence-electron chi connectivity index (χ0n) is 18.2.